The Morgan fingerprint density at radius 1 is 0.306 bits per heavy atom. The molecule has 0 saturated carbocycles. The molecule has 0 radical (unpaired) electrons. The molecule has 0 spiro atoms. The number of nitrogens with zero attached hydrogens (tertiary/aromatic N) is 3. The lowest BCUT2D eigenvalue weighted by Gasteiger charge is -2.35. The molecule has 2 heterocycles. The summed E-state index contributed by atoms with van der Waals surface area (Å²) in [5, 5.41) is 3.74. The van der Waals surface area contributed by atoms with Crippen molar-refractivity contribution in [3.8, 4) is 44.8 Å². The number of anilines is 3. The number of rotatable bonds is 9. The van der Waals surface area contributed by atoms with E-state index in [0.717, 1.165) is 39.6 Å². The van der Waals surface area contributed by atoms with E-state index in [2.05, 4.69) is 299 Å². The maximum atomic E-state index is 2.45. The van der Waals surface area contributed by atoms with Crippen LogP contribution in [0.5, 0.6) is 0 Å². The molecule has 0 saturated heterocycles. The smallest absolute Gasteiger partial charge is 0.0714 e. The predicted molar refractivity (Wildman–Crippen MR) is 300 cm³/mol. The van der Waals surface area contributed by atoms with E-state index >= 15 is 0 Å². The van der Waals surface area contributed by atoms with Gasteiger partial charge in [-0.05, 0) is 141 Å². The van der Waals surface area contributed by atoms with E-state index in [0.29, 0.717) is 0 Å². The summed E-state index contributed by atoms with van der Waals surface area (Å²) >= 11 is 0. The van der Waals surface area contributed by atoms with Crippen LogP contribution in [0.2, 0.25) is 0 Å². The van der Waals surface area contributed by atoms with Crippen LogP contribution in [0.4, 0.5) is 17.1 Å². The van der Waals surface area contributed by atoms with Gasteiger partial charge in [-0.15, -0.1) is 0 Å². The summed E-state index contributed by atoms with van der Waals surface area (Å²) in [6.07, 6.45) is 2.20. The highest BCUT2D eigenvalue weighted by Crippen LogP contribution is 2.57. The molecule has 0 unspecified atom stereocenters. The molecule has 0 amide bonds. The van der Waals surface area contributed by atoms with Crippen LogP contribution in [0.3, 0.4) is 0 Å². The van der Waals surface area contributed by atoms with Gasteiger partial charge >= 0.3 is 0 Å². The van der Waals surface area contributed by atoms with E-state index in [1.54, 1.807) is 0 Å². The minimum absolute atomic E-state index is 0.509. The van der Waals surface area contributed by atoms with Gasteiger partial charge < -0.3 is 14.0 Å². The largest absolute Gasteiger partial charge is 0.316 e. The van der Waals surface area contributed by atoms with Crippen LogP contribution in [-0.4, -0.2) is 9.13 Å². The number of benzene rings is 11. The van der Waals surface area contributed by atoms with Crippen LogP contribution >= 0.6 is 0 Å². The molecule has 0 atom stereocenters. The topological polar surface area (TPSA) is 13.1 Å². The number of hydrogen-bond donors (Lipinski definition) is 0. The molecule has 0 fully saturated rings. The molecule has 3 heteroatoms. The van der Waals surface area contributed by atoms with Gasteiger partial charge in [0.1, 0.15) is 0 Å². The molecular formula is C69H47N3. The zero-order chi connectivity index (χ0) is 47.6. The van der Waals surface area contributed by atoms with Crippen molar-refractivity contribution >= 4 is 49.8 Å². The highest BCUT2D eigenvalue weighted by atomic mass is 15.1. The third kappa shape index (κ3) is 6.59. The van der Waals surface area contributed by atoms with Gasteiger partial charge in [0, 0.05) is 50.8 Å². The summed E-state index contributed by atoms with van der Waals surface area (Å²) in [5.41, 5.74) is 21.0. The highest BCUT2D eigenvalue weighted by Gasteiger charge is 2.46. The Labute approximate surface area is 419 Å². The fraction of sp³-hybridized carbons (Fsp3) is 0.0145. The predicted octanol–water partition coefficient (Wildman–Crippen LogP) is 17.9. The van der Waals surface area contributed by atoms with E-state index in [1.807, 2.05) is 0 Å². The van der Waals surface area contributed by atoms with Crippen LogP contribution in [0.25, 0.3) is 77.5 Å². The Bertz CT molecular complexity index is 4060. The standard InChI is InChI=1S/C69H47N3/c1-5-17-48(18-6-1)49-31-37-57(38-32-49)71(59-41-42-61-60-25-13-15-27-64(60)69(65(61)46-59,53-19-7-2-8-20-53)54-21-9-3-10-22-54)58-39-33-51(34-40-58)50-29-35-55(36-30-50)70-44-43-52-45-63-62-26-14-16-28-66(62)72(68(63)47-67(52)70)56-23-11-4-12-24-56/h1-47H. The van der Waals surface area contributed by atoms with E-state index in [4.69, 9.17) is 0 Å². The van der Waals surface area contributed by atoms with Crippen molar-refractivity contribution in [2.24, 2.45) is 0 Å². The van der Waals surface area contributed by atoms with Crippen LogP contribution < -0.4 is 4.90 Å². The fourth-order valence-corrected chi connectivity index (χ4v) is 11.7. The van der Waals surface area contributed by atoms with Crippen LogP contribution in [0, 0.1) is 0 Å². The van der Waals surface area contributed by atoms with Crippen molar-refractivity contribution in [2.75, 3.05) is 4.90 Å². The van der Waals surface area contributed by atoms with Crippen molar-refractivity contribution in [3.63, 3.8) is 0 Å². The second-order valence-corrected chi connectivity index (χ2v) is 18.9. The van der Waals surface area contributed by atoms with Crippen LogP contribution in [0.15, 0.2) is 285 Å². The van der Waals surface area contributed by atoms with Gasteiger partial charge in [-0.1, -0.05) is 194 Å². The minimum atomic E-state index is -0.509. The average molecular weight is 918 g/mol. The van der Waals surface area contributed by atoms with Crippen LogP contribution in [-0.2, 0) is 5.41 Å². The molecule has 1 aliphatic rings. The molecule has 3 nitrogen and oxygen atoms in total. The Kier molecular flexibility index (Phi) is 9.75. The molecule has 1 aliphatic carbocycles. The lowest BCUT2D eigenvalue weighted by molar-refractivity contribution is 0.768. The van der Waals surface area contributed by atoms with Gasteiger partial charge in [0.2, 0.25) is 0 Å². The first kappa shape index (κ1) is 41.5. The summed E-state index contributed by atoms with van der Waals surface area (Å²) in [5.74, 6) is 0. The molecule has 72 heavy (non-hydrogen) atoms. The van der Waals surface area contributed by atoms with Gasteiger partial charge in [-0.2, -0.15) is 0 Å². The van der Waals surface area contributed by atoms with Gasteiger partial charge in [0.25, 0.3) is 0 Å². The Morgan fingerprint density at radius 3 is 1.47 bits per heavy atom. The van der Waals surface area contributed by atoms with Crippen molar-refractivity contribution < 1.29 is 0 Å². The molecule has 13 aromatic rings. The van der Waals surface area contributed by atoms with E-state index in [1.165, 1.54) is 77.2 Å². The quantitative estimate of drug-likeness (QED) is 0.141. The van der Waals surface area contributed by atoms with Crippen molar-refractivity contribution in [1.29, 1.82) is 0 Å². The number of aromatic nitrogens is 2. The van der Waals surface area contributed by atoms with Crippen molar-refractivity contribution in [2.45, 2.75) is 5.41 Å². The molecule has 0 aliphatic heterocycles. The molecule has 2 aromatic heterocycles. The van der Waals surface area contributed by atoms with E-state index in [-0.39, 0.29) is 0 Å². The van der Waals surface area contributed by atoms with Gasteiger partial charge in [-0.3, -0.25) is 0 Å². The lowest BCUT2D eigenvalue weighted by Crippen LogP contribution is -2.28. The number of para-hydroxylation sites is 2. The molecule has 338 valence electrons. The van der Waals surface area contributed by atoms with E-state index < -0.39 is 5.41 Å². The number of fused-ring (bicyclic) bond motifs is 7. The van der Waals surface area contributed by atoms with Gasteiger partial charge in [0.15, 0.2) is 0 Å². The third-order valence-corrected chi connectivity index (χ3v) is 15.0. The zero-order valence-electron chi connectivity index (χ0n) is 39.5. The molecule has 0 bridgehead atoms. The first-order chi connectivity index (χ1) is 35.7. The normalized spacial score (nSPS) is 12.6. The van der Waals surface area contributed by atoms with Crippen LogP contribution in [0.1, 0.15) is 22.3 Å². The maximum Gasteiger partial charge on any atom is 0.0714 e. The fourth-order valence-electron chi connectivity index (χ4n) is 11.7. The Balaban J connectivity index is 0.855. The second-order valence-electron chi connectivity index (χ2n) is 18.9. The highest BCUT2D eigenvalue weighted by molar-refractivity contribution is 6.13. The maximum absolute atomic E-state index is 2.45. The van der Waals surface area contributed by atoms with Gasteiger partial charge in [-0.25, -0.2) is 0 Å². The summed E-state index contributed by atoms with van der Waals surface area (Å²) in [7, 11) is 0. The summed E-state index contributed by atoms with van der Waals surface area (Å²) in [6.45, 7) is 0. The first-order valence-electron chi connectivity index (χ1n) is 24.8. The minimum Gasteiger partial charge on any atom is -0.316 e. The molecule has 14 rings (SSSR count). The third-order valence-electron chi connectivity index (χ3n) is 15.0. The zero-order valence-corrected chi connectivity index (χ0v) is 39.5. The number of hydrogen-bond acceptors (Lipinski definition) is 1. The Hall–Kier alpha value is -9.44. The average Bonchev–Trinajstić information content (AvgIpc) is 4.12. The molecular weight excluding hydrogens is 871 g/mol. The summed E-state index contributed by atoms with van der Waals surface area (Å²) in [6, 6.07) is 102. The molecule has 0 N–H and O–H groups in total. The summed E-state index contributed by atoms with van der Waals surface area (Å²) in [4.78, 5) is 2.41. The SMILES string of the molecule is c1ccc(-c2ccc(N(c3ccc(-c4ccc(-n5ccc6cc7c8ccccc8n(-c8ccccc8)c7cc65)cc4)cc3)c3ccc4c(c3)C(c3ccccc3)(c3ccccc3)c3ccccc3-4)cc2)cc1. The van der Waals surface area contributed by atoms with Gasteiger partial charge in [0.05, 0.1) is 22.0 Å². The monoisotopic (exact) mass is 917 g/mol. The Morgan fingerprint density at radius 2 is 0.819 bits per heavy atom. The lowest BCUT2D eigenvalue weighted by atomic mass is 9.67. The second kappa shape index (κ2) is 16.9. The van der Waals surface area contributed by atoms with Crippen molar-refractivity contribution in [1.82, 2.24) is 9.13 Å². The first-order valence-corrected chi connectivity index (χ1v) is 24.8. The summed E-state index contributed by atoms with van der Waals surface area (Å²) < 4.78 is 4.70. The van der Waals surface area contributed by atoms with Crippen molar-refractivity contribution in [3.05, 3.63) is 308 Å². The van der Waals surface area contributed by atoms with E-state index in [9.17, 15) is 0 Å². The molecule has 11 aromatic carbocycles.